The molecule has 1 amide bonds. The van der Waals surface area contributed by atoms with Crippen molar-refractivity contribution in [1.82, 2.24) is 5.32 Å². The van der Waals surface area contributed by atoms with Crippen LogP contribution in [0.2, 0.25) is 10.0 Å². The highest BCUT2D eigenvalue weighted by atomic mass is 35.5. The molecule has 1 fully saturated rings. The third-order valence-corrected chi connectivity index (χ3v) is 6.46. The fourth-order valence-corrected chi connectivity index (χ4v) is 5.35. The molecule has 0 bridgehead atoms. The van der Waals surface area contributed by atoms with Crippen molar-refractivity contribution in [2.24, 2.45) is 5.92 Å². The van der Waals surface area contributed by atoms with Crippen molar-refractivity contribution in [2.75, 3.05) is 7.11 Å². The summed E-state index contributed by atoms with van der Waals surface area (Å²) in [6.45, 7) is 5.65. The Balaban J connectivity index is 1.69. The number of amides is 1. The monoisotopic (exact) mass is 427 g/mol. The Labute approximate surface area is 178 Å². The Morgan fingerprint density at radius 1 is 1.14 bits per heavy atom. The highest BCUT2D eigenvalue weighted by Crippen LogP contribution is 2.47. The number of benzene rings is 1. The second kappa shape index (κ2) is 8.81. The summed E-state index contributed by atoms with van der Waals surface area (Å²) in [4.78, 5) is 12.1. The fraction of sp³-hybridized carbons (Fsp3) is 0.682. The molecule has 1 aromatic rings. The highest BCUT2D eigenvalue weighted by molar-refractivity contribution is 6.35. The van der Waals surface area contributed by atoms with E-state index in [0.29, 0.717) is 16.9 Å². The minimum atomic E-state index is -0.477. The van der Waals surface area contributed by atoms with E-state index < -0.39 is 5.60 Å². The molecule has 1 aromatic carbocycles. The minimum Gasteiger partial charge on any atom is -0.444 e. The molecule has 0 heterocycles. The van der Waals surface area contributed by atoms with Crippen LogP contribution < -0.4 is 5.32 Å². The largest absolute Gasteiger partial charge is 0.444 e. The van der Waals surface area contributed by atoms with E-state index in [1.54, 1.807) is 7.11 Å². The predicted molar refractivity (Wildman–Crippen MR) is 113 cm³/mol. The van der Waals surface area contributed by atoms with Gasteiger partial charge in [-0.05, 0) is 75.6 Å². The van der Waals surface area contributed by atoms with Crippen LogP contribution >= 0.6 is 23.2 Å². The van der Waals surface area contributed by atoms with Gasteiger partial charge in [0.2, 0.25) is 0 Å². The summed E-state index contributed by atoms with van der Waals surface area (Å²) in [6, 6.07) is 4.04. The van der Waals surface area contributed by atoms with Crippen LogP contribution in [0.3, 0.4) is 0 Å². The first-order valence-corrected chi connectivity index (χ1v) is 10.9. The average Bonchev–Trinajstić information content (AvgIpc) is 2.79. The number of methoxy groups -OCH3 is 1. The van der Waals surface area contributed by atoms with Gasteiger partial charge in [-0.15, -0.1) is 0 Å². The first-order chi connectivity index (χ1) is 13.2. The Morgan fingerprint density at radius 3 is 2.57 bits per heavy atom. The van der Waals surface area contributed by atoms with E-state index >= 15 is 0 Å². The summed E-state index contributed by atoms with van der Waals surface area (Å²) in [5.74, 6) is 0.794. The van der Waals surface area contributed by atoms with Crippen molar-refractivity contribution in [3.8, 4) is 0 Å². The molecule has 0 radical (unpaired) electrons. The second-order valence-corrected chi connectivity index (χ2v) is 9.91. The fourth-order valence-electron chi connectivity index (χ4n) is 4.76. The molecule has 3 rings (SSSR count). The third-order valence-electron chi connectivity index (χ3n) is 5.90. The molecular formula is C22H31Cl2NO3. The third kappa shape index (κ3) is 5.14. The molecular weight excluding hydrogens is 397 g/mol. The lowest BCUT2D eigenvalue weighted by molar-refractivity contribution is 0.0497. The number of alkyl carbamates (subject to hydrolysis) is 1. The molecule has 2 aliphatic rings. The molecule has 28 heavy (non-hydrogen) atoms. The summed E-state index contributed by atoms with van der Waals surface area (Å²) >= 11 is 12.8. The number of nitrogens with one attached hydrogen (secondary N) is 1. The SMILES string of the molecule is COC1Cc2c(Cl)cc(Cl)cc2C1C1CCCC(NC(=O)OC(C)(C)C)CC1. The summed E-state index contributed by atoms with van der Waals surface area (Å²) in [5.41, 5.74) is 1.94. The van der Waals surface area contributed by atoms with Gasteiger partial charge in [-0.1, -0.05) is 29.6 Å². The van der Waals surface area contributed by atoms with Gasteiger partial charge in [0.15, 0.2) is 0 Å². The van der Waals surface area contributed by atoms with Gasteiger partial charge in [0.25, 0.3) is 0 Å². The number of carbonyl (C=O) groups excluding carboxylic acids is 1. The quantitative estimate of drug-likeness (QED) is 0.590. The van der Waals surface area contributed by atoms with E-state index in [1.807, 2.05) is 26.8 Å². The average molecular weight is 428 g/mol. The maximum Gasteiger partial charge on any atom is 0.407 e. The van der Waals surface area contributed by atoms with Gasteiger partial charge in [0, 0.05) is 35.5 Å². The number of hydrogen-bond donors (Lipinski definition) is 1. The molecule has 0 spiro atoms. The number of hydrogen-bond acceptors (Lipinski definition) is 3. The number of fused-ring (bicyclic) bond motifs is 1. The second-order valence-electron chi connectivity index (χ2n) is 9.07. The molecule has 6 heteroatoms. The van der Waals surface area contributed by atoms with E-state index in [2.05, 4.69) is 11.4 Å². The topological polar surface area (TPSA) is 47.6 Å². The normalized spacial score (nSPS) is 27.8. The molecule has 0 aliphatic heterocycles. The van der Waals surface area contributed by atoms with Crippen LogP contribution in [0.1, 0.15) is 69.9 Å². The summed E-state index contributed by atoms with van der Waals surface area (Å²) < 4.78 is 11.3. The van der Waals surface area contributed by atoms with Crippen molar-refractivity contribution in [3.05, 3.63) is 33.3 Å². The molecule has 4 nitrogen and oxygen atoms in total. The van der Waals surface area contributed by atoms with Gasteiger partial charge in [-0.3, -0.25) is 0 Å². The maximum atomic E-state index is 12.1. The van der Waals surface area contributed by atoms with Gasteiger partial charge in [0.1, 0.15) is 5.60 Å². The van der Waals surface area contributed by atoms with Crippen LogP contribution in [-0.2, 0) is 15.9 Å². The number of rotatable bonds is 3. The molecule has 4 atom stereocenters. The molecule has 1 N–H and O–H groups in total. The van der Waals surface area contributed by atoms with Crippen molar-refractivity contribution in [2.45, 2.75) is 83.0 Å². The van der Waals surface area contributed by atoms with E-state index in [9.17, 15) is 4.79 Å². The predicted octanol–water partition coefficient (Wildman–Crippen LogP) is 6.12. The van der Waals surface area contributed by atoms with Gasteiger partial charge in [0.05, 0.1) is 6.10 Å². The lowest BCUT2D eigenvalue weighted by atomic mass is 9.81. The van der Waals surface area contributed by atoms with Gasteiger partial charge in [-0.2, -0.15) is 0 Å². The van der Waals surface area contributed by atoms with Crippen molar-refractivity contribution in [3.63, 3.8) is 0 Å². The van der Waals surface area contributed by atoms with E-state index in [1.165, 1.54) is 11.1 Å². The van der Waals surface area contributed by atoms with Crippen molar-refractivity contribution >= 4 is 29.3 Å². The lowest BCUT2D eigenvalue weighted by Gasteiger charge is -2.28. The summed E-state index contributed by atoms with van der Waals surface area (Å²) in [5, 5.41) is 4.48. The first kappa shape index (κ1) is 21.7. The molecule has 0 saturated heterocycles. The zero-order valence-electron chi connectivity index (χ0n) is 17.2. The van der Waals surface area contributed by atoms with Gasteiger partial charge < -0.3 is 14.8 Å². The molecule has 4 unspecified atom stereocenters. The van der Waals surface area contributed by atoms with Crippen LogP contribution in [-0.4, -0.2) is 30.9 Å². The van der Waals surface area contributed by atoms with Crippen LogP contribution in [0, 0.1) is 5.92 Å². The summed E-state index contributed by atoms with van der Waals surface area (Å²) in [6.07, 6.45) is 5.78. The molecule has 2 aliphatic carbocycles. The highest BCUT2D eigenvalue weighted by Gasteiger charge is 2.40. The van der Waals surface area contributed by atoms with E-state index in [4.69, 9.17) is 32.7 Å². The molecule has 1 saturated carbocycles. The Bertz CT molecular complexity index is 716. The number of ether oxygens (including phenoxy) is 2. The van der Waals surface area contributed by atoms with E-state index in [-0.39, 0.29) is 18.2 Å². The lowest BCUT2D eigenvalue weighted by Crippen LogP contribution is -2.39. The Morgan fingerprint density at radius 2 is 1.89 bits per heavy atom. The smallest absolute Gasteiger partial charge is 0.407 e. The Hall–Kier alpha value is -0.970. The van der Waals surface area contributed by atoms with Crippen molar-refractivity contribution in [1.29, 1.82) is 0 Å². The Kier molecular flexibility index (Phi) is 6.84. The van der Waals surface area contributed by atoms with E-state index in [0.717, 1.165) is 43.5 Å². The molecule has 0 aromatic heterocycles. The minimum absolute atomic E-state index is 0.131. The zero-order valence-corrected chi connectivity index (χ0v) is 18.7. The van der Waals surface area contributed by atoms with Crippen molar-refractivity contribution < 1.29 is 14.3 Å². The summed E-state index contributed by atoms with van der Waals surface area (Å²) in [7, 11) is 1.78. The molecule has 156 valence electrons. The van der Waals surface area contributed by atoms with Gasteiger partial charge >= 0.3 is 6.09 Å². The van der Waals surface area contributed by atoms with Crippen LogP contribution in [0.4, 0.5) is 4.79 Å². The number of carbonyl (C=O) groups is 1. The van der Waals surface area contributed by atoms with Crippen LogP contribution in [0.15, 0.2) is 12.1 Å². The van der Waals surface area contributed by atoms with Crippen LogP contribution in [0.25, 0.3) is 0 Å². The maximum absolute atomic E-state index is 12.1. The standard InChI is InChI=1S/C22H31Cl2NO3/c1-22(2,3)28-21(26)25-15-7-5-6-13(8-9-15)20-17-10-14(23)11-18(24)16(17)12-19(20)27-4/h10-11,13,15,19-20H,5-9,12H2,1-4H3,(H,25,26). The van der Waals surface area contributed by atoms with Gasteiger partial charge in [-0.25, -0.2) is 4.79 Å². The van der Waals surface area contributed by atoms with Crippen LogP contribution in [0.5, 0.6) is 0 Å². The number of halogens is 2. The first-order valence-electron chi connectivity index (χ1n) is 10.2. The zero-order chi connectivity index (χ0) is 20.5.